The van der Waals surface area contributed by atoms with Crippen LogP contribution < -0.4 is 0 Å². The Balaban J connectivity index is 0. The molecule has 2 aromatic carbocycles. The van der Waals surface area contributed by atoms with E-state index < -0.39 is 0 Å². The minimum absolute atomic E-state index is 0. The Morgan fingerprint density at radius 3 is 1.24 bits per heavy atom. The maximum Gasteiger partial charge on any atom is -0.0167 e. The molecule has 0 fully saturated rings. The minimum Gasteiger partial charge on any atom is -0.0776 e. The third kappa shape index (κ3) is 10.7. The van der Waals surface area contributed by atoms with Gasteiger partial charge in [-0.05, 0) is 66.2 Å². The molecule has 29 heavy (non-hydrogen) atoms. The molecular formula is C29H50. The van der Waals surface area contributed by atoms with Gasteiger partial charge in [0, 0.05) is 0 Å². The first-order chi connectivity index (χ1) is 13.1. The first kappa shape index (κ1) is 29.6. The fraction of sp³-hybridized carbons (Fsp3) is 0.586. The lowest BCUT2D eigenvalue weighted by molar-refractivity contribution is 0.490. The summed E-state index contributed by atoms with van der Waals surface area (Å²) in [5.74, 6) is 1.62. The minimum atomic E-state index is 0. The molecule has 0 heteroatoms. The van der Waals surface area contributed by atoms with Crippen molar-refractivity contribution in [1.29, 1.82) is 0 Å². The van der Waals surface area contributed by atoms with Gasteiger partial charge < -0.3 is 0 Å². The van der Waals surface area contributed by atoms with E-state index in [0.29, 0.717) is 0 Å². The van der Waals surface area contributed by atoms with Crippen molar-refractivity contribution in [1.82, 2.24) is 0 Å². The van der Waals surface area contributed by atoms with Crippen LogP contribution in [0.4, 0.5) is 0 Å². The molecule has 0 radical (unpaired) electrons. The van der Waals surface area contributed by atoms with E-state index in [-0.39, 0.29) is 14.9 Å². The van der Waals surface area contributed by atoms with E-state index in [1.54, 1.807) is 0 Å². The second-order valence-corrected chi connectivity index (χ2v) is 7.67. The Morgan fingerprint density at radius 2 is 0.897 bits per heavy atom. The Morgan fingerprint density at radius 1 is 0.517 bits per heavy atom. The molecule has 0 spiro atoms. The molecule has 0 aliphatic carbocycles. The van der Waals surface area contributed by atoms with E-state index in [2.05, 4.69) is 90.1 Å². The lowest BCUT2D eigenvalue weighted by Gasteiger charge is -2.12. The van der Waals surface area contributed by atoms with Gasteiger partial charge in [-0.1, -0.05) is 118 Å². The summed E-state index contributed by atoms with van der Waals surface area (Å²) in [5.41, 5.74) is 5.88. The summed E-state index contributed by atoms with van der Waals surface area (Å²) >= 11 is 0. The molecule has 2 aromatic rings. The van der Waals surface area contributed by atoms with E-state index in [1.807, 2.05) is 0 Å². The highest BCUT2D eigenvalue weighted by Crippen LogP contribution is 2.23. The average Bonchev–Trinajstić information content (AvgIpc) is 2.74. The lowest BCUT2D eigenvalue weighted by atomic mass is 9.93. The predicted molar refractivity (Wildman–Crippen MR) is 136 cm³/mol. The number of hydrogen-bond acceptors (Lipinski definition) is 0. The van der Waals surface area contributed by atoms with Crippen molar-refractivity contribution < 1.29 is 0 Å². The van der Waals surface area contributed by atoms with E-state index in [4.69, 9.17) is 0 Å². The molecule has 0 N–H and O–H groups in total. The highest BCUT2D eigenvalue weighted by molar-refractivity contribution is 5.25. The Kier molecular flexibility index (Phi) is 17.7. The number of hydrogen-bond donors (Lipinski definition) is 0. The first-order valence-corrected chi connectivity index (χ1v) is 11.3. The van der Waals surface area contributed by atoms with Crippen molar-refractivity contribution >= 4 is 0 Å². The summed E-state index contributed by atoms with van der Waals surface area (Å²) in [6.45, 7) is 13.5. The van der Waals surface area contributed by atoms with Crippen LogP contribution in [0.5, 0.6) is 0 Å². The summed E-state index contributed by atoms with van der Waals surface area (Å²) in [6.07, 6.45) is 8.63. The first-order valence-electron chi connectivity index (χ1n) is 11.3. The molecule has 0 amide bonds. The standard InChI is InChI=1S/C14H22.C13H20.2CH4/c1-4-12(5-2)11-14-9-7-13(6-3)8-10-14;1-4-11-7-9-13(10-8-11)12(5-2)6-3;;/h7-10,12H,4-6,11H2,1-3H3;7-10,12H,4-6H2,1-3H3;2*1H4. The fourth-order valence-electron chi connectivity index (χ4n) is 3.61. The van der Waals surface area contributed by atoms with Crippen LogP contribution >= 0.6 is 0 Å². The number of rotatable bonds is 9. The highest BCUT2D eigenvalue weighted by Gasteiger charge is 2.05. The Labute approximate surface area is 184 Å². The van der Waals surface area contributed by atoms with Crippen LogP contribution in [-0.2, 0) is 19.3 Å². The lowest BCUT2D eigenvalue weighted by Crippen LogP contribution is -2.01. The molecule has 0 aliphatic heterocycles. The van der Waals surface area contributed by atoms with E-state index in [1.165, 1.54) is 54.4 Å². The average molecular weight is 399 g/mol. The summed E-state index contributed by atoms with van der Waals surface area (Å²) in [5, 5.41) is 0. The summed E-state index contributed by atoms with van der Waals surface area (Å²) in [6, 6.07) is 18.2. The summed E-state index contributed by atoms with van der Waals surface area (Å²) < 4.78 is 0. The van der Waals surface area contributed by atoms with Gasteiger partial charge in [-0.2, -0.15) is 0 Å². The number of aryl methyl sites for hydroxylation is 2. The quantitative estimate of drug-likeness (QED) is 0.394. The molecule has 0 saturated heterocycles. The molecule has 0 unspecified atom stereocenters. The van der Waals surface area contributed by atoms with Gasteiger partial charge in [0.2, 0.25) is 0 Å². The maximum absolute atomic E-state index is 2.29. The normalized spacial score (nSPS) is 10.1. The molecule has 0 bridgehead atoms. The van der Waals surface area contributed by atoms with Gasteiger partial charge in [-0.15, -0.1) is 0 Å². The second kappa shape index (κ2) is 17.3. The SMILES string of the molecule is C.C.CCc1ccc(C(CC)CC)cc1.CCc1ccc(CC(CC)CC)cc1. The molecule has 0 aliphatic rings. The van der Waals surface area contributed by atoms with Gasteiger partial charge in [-0.3, -0.25) is 0 Å². The van der Waals surface area contributed by atoms with E-state index >= 15 is 0 Å². The van der Waals surface area contributed by atoms with Gasteiger partial charge in [-0.25, -0.2) is 0 Å². The molecule has 0 nitrogen and oxygen atoms in total. The zero-order chi connectivity index (χ0) is 20.1. The summed E-state index contributed by atoms with van der Waals surface area (Å²) in [7, 11) is 0. The van der Waals surface area contributed by atoms with Gasteiger partial charge in [0.1, 0.15) is 0 Å². The predicted octanol–water partition coefficient (Wildman–Crippen LogP) is 9.65. The fourth-order valence-corrected chi connectivity index (χ4v) is 3.61. The van der Waals surface area contributed by atoms with Crippen molar-refractivity contribution in [3.8, 4) is 0 Å². The molecule has 0 saturated carbocycles. The highest BCUT2D eigenvalue weighted by atomic mass is 14.1. The largest absolute Gasteiger partial charge is 0.0776 e. The van der Waals surface area contributed by atoms with Crippen molar-refractivity contribution in [2.45, 2.75) is 107 Å². The second-order valence-electron chi connectivity index (χ2n) is 7.67. The van der Waals surface area contributed by atoms with Crippen molar-refractivity contribution in [3.63, 3.8) is 0 Å². The van der Waals surface area contributed by atoms with Crippen molar-refractivity contribution in [3.05, 3.63) is 70.8 Å². The smallest absolute Gasteiger partial charge is 0.0167 e. The van der Waals surface area contributed by atoms with Gasteiger partial charge in [0.15, 0.2) is 0 Å². The van der Waals surface area contributed by atoms with Crippen LogP contribution in [-0.4, -0.2) is 0 Å². The molecule has 0 aromatic heterocycles. The monoisotopic (exact) mass is 398 g/mol. The molecule has 0 heterocycles. The van der Waals surface area contributed by atoms with Gasteiger partial charge >= 0.3 is 0 Å². The van der Waals surface area contributed by atoms with Crippen LogP contribution in [0.1, 0.15) is 110 Å². The molecule has 166 valence electrons. The van der Waals surface area contributed by atoms with Gasteiger partial charge in [0.05, 0.1) is 0 Å². The zero-order valence-electron chi connectivity index (χ0n) is 18.7. The van der Waals surface area contributed by atoms with Gasteiger partial charge in [0.25, 0.3) is 0 Å². The van der Waals surface area contributed by atoms with Crippen molar-refractivity contribution in [2.24, 2.45) is 5.92 Å². The van der Waals surface area contributed by atoms with Crippen LogP contribution in [0.2, 0.25) is 0 Å². The Hall–Kier alpha value is -1.56. The van der Waals surface area contributed by atoms with Crippen LogP contribution in [0.15, 0.2) is 48.5 Å². The zero-order valence-corrected chi connectivity index (χ0v) is 18.7. The maximum atomic E-state index is 2.29. The van der Waals surface area contributed by atoms with E-state index in [0.717, 1.165) is 24.7 Å². The molecule has 0 atom stereocenters. The van der Waals surface area contributed by atoms with Crippen LogP contribution in [0.3, 0.4) is 0 Å². The van der Waals surface area contributed by atoms with Crippen LogP contribution in [0.25, 0.3) is 0 Å². The third-order valence-electron chi connectivity index (χ3n) is 5.96. The van der Waals surface area contributed by atoms with Crippen molar-refractivity contribution in [2.75, 3.05) is 0 Å². The molecule has 2 rings (SSSR count). The van der Waals surface area contributed by atoms with Crippen LogP contribution in [0, 0.1) is 5.92 Å². The molecular weight excluding hydrogens is 348 g/mol. The topological polar surface area (TPSA) is 0 Å². The third-order valence-corrected chi connectivity index (χ3v) is 5.96. The van der Waals surface area contributed by atoms with E-state index in [9.17, 15) is 0 Å². The Bertz CT molecular complexity index is 583. The summed E-state index contributed by atoms with van der Waals surface area (Å²) in [4.78, 5) is 0. The number of benzene rings is 2.